The molecular weight excluding hydrogens is 643 g/mol. The first-order chi connectivity index (χ1) is 26.0. The van der Waals surface area contributed by atoms with E-state index in [0.29, 0.717) is 17.5 Å². The van der Waals surface area contributed by atoms with Gasteiger partial charge in [0.05, 0.1) is 0 Å². The number of hydrogen-bond donors (Lipinski definition) is 0. The van der Waals surface area contributed by atoms with Gasteiger partial charge in [-0.1, -0.05) is 172 Å². The summed E-state index contributed by atoms with van der Waals surface area (Å²) in [6.45, 7) is 4.72. The second-order valence-corrected chi connectivity index (χ2v) is 14.4. The zero-order valence-electron chi connectivity index (χ0n) is 29.6. The highest BCUT2D eigenvalue weighted by atomic mass is 15.0. The highest BCUT2D eigenvalue weighted by Gasteiger charge is 2.38. The first-order valence-electron chi connectivity index (χ1n) is 18.2. The molecule has 0 aliphatic heterocycles. The van der Waals surface area contributed by atoms with Gasteiger partial charge in [0, 0.05) is 22.1 Å². The Morgan fingerprint density at radius 2 is 0.830 bits per heavy atom. The molecular formula is C50H35N3. The van der Waals surface area contributed by atoms with Gasteiger partial charge in [0.2, 0.25) is 0 Å². The van der Waals surface area contributed by atoms with Crippen LogP contribution in [0.4, 0.5) is 0 Å². The molecule has 0 amide bonds. The Labute approximate surface area is 309 Å². The summed E-state index contributed by atoms with van der Waals surface area (Å²) in [6, 6.07) is 62.4. The van der Waals surface area contributed by atoms with E-state index in [-0.39, 0.29) is 5.41 Å². The Bertz CT molecular complexity index is 2840. The summed E-state index contributed by atoms with van der Waals surface area (Å²) >= 11 is 0. The van der Waals surface area contributed by atoms with Crippen LogP contribution in [0.1, 0.15) is 25.0 Å². The van der Waals surface area contributed by atoms with Crippen molar-refractivity contribution in [3.63, 3.8) is 0 Å². The molecule has 1 heterocycles. The highest BCUT2D eigenvalue weighted by Crippen LogP contribution is 2.55. The van der Waals surface area contributed by atoms with Gasteiger partial charge in [0.25, 0.3) is 0 Å². The minimum absolute atomic E-state index is 0.240. The summed E-state index contributed by atoms with van der Waals surface area (Å²) in [5, 5.41) is 5.19. The smallest absolute Gasteiger partial charge is 0.164 e. The van der Waals surface area contributed by atoms with Crippen LogP contribution in [0.3, 0.4) is 0 Å². The van der Waals surface area contributed by atoms with Crippen molar-refractivity contribution in [3.05, 3.63) is 187 Å². The third-order valence-electron chi connectivity index (χ3n) is 10.9. The Balaban J connectivity index is 1.19. The SMILES string of the molecule is CC1(C)c2cc(-c3nc(-c4ccccc4)nc(-c4ccc(-c5ccccc5)cc4-c4ccccc4)n3)ccc2-c2c1c1ccccc1c1ccccc21. The maximum Gasteiger partial charge on any atom is 0.164 e. The lowest BCUT2D eigenvalue weighted by Crippen LogP contribution is -2.16. The molecule has 53 heavy (non-hydrogen) atoms. The summed E-state index contributed by atoms with van der Waals surface area (Å²) < 4.78 is 0. The van der Waals surface area contributed by atoms with E-state index < -0.39 is 0 Å². The van der Waals surface area contributed by atoms with Gasteiger partial charge in [-0.2, -0.15) is 0 Å². The molecule has 1 aromatic heterocycles. The zero-order valence-corrected chi connectivity index (χ0v) is 29.6. The van der Waals surface area contributed by atoms with Crippen LogP contribution in [0, 0.1) is 0 Å². The number of fused-ring (bicyclic) bond motifs is 8. The Hall–Kier alpha value is -6.71. The third-order valence-corrected chi connectivity index (χ3v) is 10.9. The first-order valence-corrected chi connectivity index (χ1v) is 18.2. The van der Waals surface area contributed by atoms with E-state index in [1.165, 1.54) is 49.4 Å². The highest BCUT2D eigenvalue weighted by molar-refractivity contribution is 6.18. The predicted octanol–water partition coefficient (Wildman–Crippen LogP) is 12.8. The van der Waals surface area contributed by atoms with Crippen LogP contribution >= 0.6 is 0 Å². The van der Waals surface area contributed by atoms with Crippen LogP contribution in [0.5, 0.6) is 0 Å². The fraction of sp³-hybridized carbons (Fsp3) is 0.0600. The summed E-state index contributed by atoms with van der Waals surface area (Å²) in [7, 11) is 0. The lowest BCUT2D eigenvalue weighted by molar-refractivity contribution is 0.666. The molecule has 8 aromatic carbocycles. The van der Waals surface area contributed by atoms with Crippen molar-refractivity contribution in [1.29, 1.82) is 0 Å². The quantitative estimate of drug-likeness (QED) is 0.170. The summed E-state index contributed by atoms with van der Waals surface area (Å²) in [6.07, 6.45) is 0. The molecule has 0 fully saturated rings. The van der Waals surface area contributed by atoms with Crippen LogP contribution in [0.25, 0.3) is 89.1 Å². The predicted molar refractivity (Wildman–Crippen MR) is 220 cm³/mol. The number of hydrogen-bond acceptors (Lipinski definition) is 3. The lowest BCUT2D eigenvalue weighted by atomic mass is 9.79. The van der Waals surface area contributed by atoms with Crippen molar-refractivity contribution in [2.75, 3.05) is 0 Å². The minimum Gasteiger partial charge on any atom is -0.208 e. The van der Waals surface area contributed by atoms with Gasteiger partial charge in [-0.15, -0.1) is 0 Å². The zero-order chi connectivity index (χ0) is 35.5. The number of rotatable bonds is 5. The van der Waals surface area contributed by atoms with Crippen molar-refractivity contribution < 1.29 is 0 Å². The topological polar surface area (TPSA) is 38.7 Å². The molecule has 3 heteroatoms. The standard InChI is InChI=1S/C50H35N3/c1-50(2)44-31-36(27-29-42(44)45-39-24-14-12-22-37(39)38-23-13-15-25-40(38)46(45)50)48-51-47(34-20-10-5-11-21-34)52-49(53-48)41-28-26-35(32-16-6-3-7-17-32)30-43(41)33-18-8-4-9-19-33/h3-31H,1-2H3. The molecule has 0 N–H and O–H groups in total. The maximum atomic E-state index is 5.29. The summed E-state index contributed by atoms with van der Waals surface area (Å²) in [5.74, 6) is 1.95. The molecule has 0 radical (unpaired) electrons. The molecule has 0 saturated heterocycles. The normalized spacial score (nSPS) is 12.9. The maximum absolute atomic E-state index is 5.29. The number of nitrogens with zero attached hydrogens (tertiary/aromatic N) is 3. The molecule has 250 valence electrons. The molecule has 9 aromatic rings. The van der Waals surface area contributed by atoms with Crippen molar-refractivity contribution in [1.82, 2.24) is 15.0 Å². The molecule has 1 aliphatic rings. The lowest BCUT2D eigenvalue weighted by Gasteiger charge is -2.24. The monoisotopic (exact) mass is 677 g/mol. The first kappa shape index (κ1) is 31.1. The average molecular weight is 678 g/mol. The minimum atomic E-state index is -0.240. The van der Waals surface area contributed by atoms with Crippen LogP contribution in [-0.2, 0) is 5.41 Å². The van der Waals surface area contributed by atoms with E-state index in [0.717, 1.165) is 33.4 Å². The molecule has 0 bridgehead atoms. The molecule has 10 rings (SSSR count). The summed E-state index contributed by atoms with van der Waals surface area (Å²) in [4.78, 5) is 15.6. The second-order valence-electron chi connectivity index (χ2n) is 14.4. The molecule has 3 nitrogen and oxygen atoms in total. The van der Waals surface area contributed by atoms with Gasteiger partial charge < -0.3 is 0 Å². The number of aromatic nitrogens is 3. The van der Waals surface area contributed by atoms with E-state index in [1.54, 1.807) is 0 Å². The molecule has 0 saturated carbocycles. The van der Waals surface area contributed by atoms with Crippen molar-refractivity contribution >= 4 is 21.5 Å². The van der Waals surface area contributed by atoms with Crippen LogP contribution in [-0.4, -0.2) is 15.0 Å². The van der Waals surface area contributed by atoms with Gasteiger partial charge >= 0.3 is 0 Å². The van der Waals surface area contributed by atoms with Crippen molar-refractivity contribution in [2.45, 2.75) is 19.3 Å². The van der Waals surface area contributed by atoms with Crippen LogP contribution in [0.15, 0.2) is 176 Å². The fourth-order valence-electron chi connectivity index (χ4n) is 8.37. The summed E-state index contributed by atoms with van der Waals surface area (Å²) in [5.41, 5.74) is 12.4. The van der Waals surface area contributed by atoms with E-state index in [9.17, 15) is 0 Å². The number of benzene rings is 8. The molecule has 0 unspecified atom stereocenters. The molecule has 0 atom stereocenters. The van der Waals surface area contributed by atoms with Crippen molar-refractivity contribution in [2.24, 2.45) is 0 Å². The van der Waals surface area contributed by atoms with Crippen LogP contribution in [0.2, 0.25) is 0 Å². The Morgan fingerprint density at radius 1 is 0.340 bits per heavy atom. The van der Waals surface area contributed by atoms with Crippen LogP contribution < -0.4 is 0 Å². The fourth-order valence-corrected chi connectivity index (χ4v) is 8.37. The van der Waals surface area contributed by atoms with E-state index in [4.69, 9.17) is 15.0 Å². The molecule has 1 aliphatic carbocycles. The van der Waals surface area contributed by atoms with E-state index in [1.807, 2.05) is 18.2 Å². The average Bonchev–Trinajstić information content (AvgIpc) is 3.47. The van der Waals surface area contributed by atoms with Gasteiger partial charge in [0.1, 0.15) is 0 Å². The second kappa shape index (κ2) is 12.2. The Morgan fingerprint density at radius 3 is 1.51 bits per heavy atom. The van der Waals surface area contributed by atoms with Gasteiger partial charge in [-0.3, -0.25) is 0 Å². The van der Waals surface area contributed by atoms with Crippen molar-refractivity contribution in [3.8, 4) is 67.5 Å². The van der Waals surface area contributed by atoms with Gasteiger partial charge in [-0.05, 0) is 84.3 Å². The van der Waals surface area contributed by atoms with E-state index >= 15 is 0 Å². The largest absolute Gasteiger partial charge is 0.208 e. The molecule has 0 spiro atoms. The van der Waals surface area contributed by atoms with Gasteiger partial charge in [0.15, 0.2) is 17.5 Å². The van der Waals surface area contributed by atoms with Gasteiger partial charge in [-0.25, -0.2) is 15.0 Å². The van der Waals surface area contributed by atoms with E-state index in [2.05, 4.69) is 172 Å². The Kier molecular flexibility index (Phi) is 7.16. The third kappa shape index (κ3) is 5.08.